The average molecular weight is 251 g/mol. The lowest BCUT2D eigenvalue weighted by Gasteiger charge is -2.43. The maximum Gasteiger partial charge on any atom is 0.0614 e. The molecule has 4 rings (SSSR count). The van der Waals surface area contributed by atoms with Gasteiger partial charge in [0.05, 0.1) is 6.04 Å². The van der Waals surface area contributed by atoms with E-state index in [4.69, 9.17) is 0 Å². The molecule has 2 aromatic rings. The summed E-state index contributed by atoms with van der Waals surface area (Å²) < 4.78 is 0. The van der Waals surface area contributed by atoms with Crippen LogP contribution in [-0.2, 0) is 0 Å². The van der Waals surface area contributed by atoms with Crippen molar-refractivity contribution in [2.75, 3.05) is 19.7 Å². The molecule has 1 heterocycles. The van der Waals surface area contributed by atoms with Gasteiger partial charge in [0.25, 0.3) is 0 Å². The van der Waals surface area contributed by atoms with Crippen LogP contribution in [0.4, 0.5) is 0 Å². The zero-order valence-corrected chi connectivity index (χ0v) is 10.8. The van der Waals surface area contributed by atoms with E-state index >= 15 is 0 Å². The third kappa shape index (κ3) is 1.57. The molecule has 2 aliphatic rings. The van der Waals surface area contributed by atoms with E-state index in [0.717, 1.165) is 13.1 Å². The molecule has 1 aliphatic carbocycles. The molecule has 0 spiro atoms. The second-order valence-corrected chi connectivity index (χ2v) is 5.58. The van der Waals surface area contributed by atoms with Gasteiger partial charge in [-0.3, -0.25) is 4.90 Å². The van der Waals surface area contributed by atoms with Crippen molar-refractivity contribution in [1.29, 1.82) is 0 Å². The van der Waals surface area contributed by atoms with Gasteiger partial charge in [-0.2, -0.15) is 0 Å². The molecule has 1 fully saturated rings. The summed E-state index contributed by atoms with van der Waals surface area (Å²) >= 11 is 0. The summed E-state index contributed by atoms with van der Waals surface area (Å²) in [6, 6.07) is 17.8. The molecule has 1 saturated heterocycles. The normalized spacial score (nSPS) is 19.0. The molecule has 96 valence electrons. The molecule has 0 atom stereocenters. The smallest absolute Gasteiger partial charge is 0.0614 e. The van der Waals surface area contributed by atoms with E-state index < -0.39 is 0 Å². The van der Waals surface area contributed by atoms with Gasteiger partial charge in [0.1, 0.15) is 0 Å². The number of fused-ring (bicyclic) bond motifs is 3. The number of likely N-dealkylation sites (tertiary alicyclic amines) is 1. The molecule has 0 unspecified atom stereocenters. The van der Waals surface area contributed by atoms with Crippen molar-refractivity contribution in [3.8, 4) is 11.1 Å². The van der Waals surface area contributed by atoms with Gasteiger partial charge in [0.15, 0.2) is 0 Å². The molecule has 0 aromatic heterocycles. The number of benzene rings is 2. The molecule has 2 nitrogen and oxygen atoms in total. The lowest BCUT2D eigenvalue weighted by Crippen LogP contribution is -2.49. The van der Waals surface area contributed by atoms with Gasteiger partial charge in [0, 0.05) is 25.6 Å². The van der Waals surface area contributed by atoms with Crippen LogP contribution in [0.1, 0.15) is 17.2 Å². The van der Waals surface area contributed by atoms with Crippen molar-refractivity contribution >= 4 is 0 Å². The fourth-order valence-corrected chi connectivity index (χ4v) is 3.46. The third-order valence-corrected chi connectivity index (χ3v) is 4.41. The Balaban J connectivity index is 1.79. The Morgan fingerprint density at radius 2 is 1.42 bits per heavy atom. The average Bonchev–Trinajstić information content (AvgIpc) is 2.74. The lowest BCUT2D eigenvalue weighted by atomic mass is 9.94. The van der Waals surface area contributed by atoms with E-state index in [2.05, 4.69) is 53.4 Å². The minimum Gasteiger partial charge on any atom is -0.396 e. The maximum atomic E-state index is 9.21. The van der Waals surface area contributed by atoms with Crippen LogP contribution >= 0.6 is 0 Å². The summed E-state index contributed by atoms with van der Waals surface area (Å²) in [7, 11) is 0. The van der Waals surface area contributed by atoms with Crippen LogP contribution in [-0.4, -0.2) is 29.7 Å². The molecular weight excluding hydrogens is 234 g/mol. The minimum absolute atomic E-state index is 0.312. The van der Waals surface area contributed by atoms with Crippen LogP contribution < -0.4 is 0 Å². The van der Waals surface area contributed by atoms with E-state index in [1.165, 1.54) is 22.3 Å². The van der Waals surface area contributed by atoms with Gasteiger partial charge < -0.3 is 5.11 Å². The highest BCUT2D eigenvalue weighted by Gasteiger charge is 2.38. The van der Waals surface area contributed by atoms with Crippen LogP contribution in [0, 0.1) is 5.92 Å². The fraction of sp³-hybridized carbons (Fsp3) is 0.294. The summed E-state index contributed by atoms with van der Waals surface area (Å²) in [5, 5.41) is 9.21. The maximum absolute atomic E-state index is 9.21. The van der Waals surface area contributed by atoms with Crippen molar-refractivity contribution < 1.29 is 5.11 Å². The molecule has 0 bridgehead atoms. The third-order valence-electron chi connectivity index (χ3n) is 4.41. The Morgan fingerprint density at radius 3 is 1.95 bits per heavy atom. The molecule has 2 aromatic carbocycles. The van der Waals surface area contributed by atoms with Crippen molar-refractivity contribution in [3.63, 3.8) is 0 Å². The lowest BCUT2D eigenvalue weighted by molar-refractivity contribution is 0.0323. The van der Waals surface area contributed by atoms with Crippen molar-refractivity contribution in [1.82, 2.24) is 4.90 Å². The second-order valence-electron chi connectivity index (χ2n) is 5.58. The first kappa shape index (κ1) is 11.2. The van der Waals surface area contributed by atoms with Gasteiger partial charge in [-0.05, 0) is 22.3 Å². The van der Waals surface area contributed by atoms with Crippen molar-refractivity contribution in [3.05, 3.63) is 59.7 Å². The number of hydrogen-bond donors (Lipinski definition) is 1. The van der Waals surface area contributed by atoms with Crippen LogP contribution in [0.2, 0.25) is 0 Å². The quantitative estimate of drug-likeness (QED) is 0.887. The minimum atomic E-state index is 0.312. The summed E-state index contributed by atoms with van der Waals surface area (Å²) in [6.07, 6.45) is 0. The standard InChI is InChI=1S/C17H17NO/c19-11-12-9-18(10-12)17-15-7-3-1-5-13(15)14-6-2-4-8-16(14)17/h1-8,12,17,19H,9-11H2. The molecule has 1 N–H and O–H groups in total. The molecule has 1 aliphatic heterocycles. The molecule has 0 amide bonds. The summed E-state index contributed by atoms with van der Waals surface area (Å²) in [5.74, 6) is 0.458. The van der Waals surface area contributed by atoms with E-state index in [9.17, 15) is 5.11 Å². The van der Waals surface area contributed by atoms with Gasteiger partial charge in [-0.25, -0.2) is 0 Å². The zero-order chi connectivity index (χ0) is 12.8. The van der Waals surface area contributed by atoms with Crippen LogP contribution in [0.15, 0.2) is 48.5 Å². The molecule has 0 saturated carbocycles. The molecule has 19 heavy (non-hydrogen) atoms. The Kier molecular flexibility index (Phi) is 2.47. The van der Waals surface area contributed by atoms with E-state index in [-0.39, 0.29) is 0 Å². The number of nitrogens with zero attached hydrogens (tertiary/aromatic N) is 1. The predicted molar refractivity (Wildman–Crippen MR) is 75.9 cm³/mol. The highest BCUT2D eigenvalue weighted by molar-refractivity contribution is 5.78. The first-order chi connectivity index (χ1) is 9.38. The zero-order valence-electron chi connectivity index (χ0n) is 10.8. The van der Waals surface area contributed by atoms with Gasteiger partial charge >= 0.3 is 0 Å². The monoisotopic (exact) mass is 251 g/mol. The molecule has 2 heteroatoms. The first-order valence-corrected chi connectivity index (χ1v) is 6.91. The summed E-state index contributed by atoms with van der Waals surface area (Å²) in [5.41, 5.74) is 5.58. The predicted octanol–water partition coefficient (Wildman–Crippen LogP) is 2.68. The van der Waals surface area contributed by atoms with E-state index in [0.29, 0.717) is 18.6 Å². The number of aliphatic hydroxyl groups is 1. The fourth-order valence-electron chi connectivity index (χ4n) is 3.46. The topological polar surface area (TPSA) is 23.5 Å². The van der Waals surface area contributed by atoms with Crippen molar-refractivity contribution in [2.24, 2.45) is 5.92 Å². The van der Waals surface area contributed by atoms with Crippen molar-refractivity contribution in [2.45, 2.75) is 6.04 Å². The first-order valence-electron chi connectivity index (χ1n) is 6.91. The van der Waals surface area contributed by atoms with Gasteiger partial charge in [0.2, 0.25) is 0 Å². The summed E-state index contributed by atoms with van der Waals surface area (Å²) in [6.45, 7) is 2.32. The van der Waals surface area contributed by atoms with E-state index in [1.54, 1.807) is 0 Å². The second kappa shape index (κ2) is 4.19. The Morgan fingerprint density at radius 1 is 0.895 bits per heavy atom. The van der Waals surface area contributed by atoms with Crippen LogP contribution in [0.5, 0.6) is 0 Å². The number of rotatable bonds is 2. The highest BCUT2D eigenvalue weighted by atomic mass is 16.3. The molecular formula is C17H17NO. The van der Waals surface area contributed by atoms with Gasteiger partial charge in [-0.15, -0.1) is 0 Å². The van der Waals surface area contributed by atoms with Crippen LogP contribution in [0.3, 0.4) is 0 Å². The molecule has 0 radical (unpaired) electrons. The van der Waals surface area contributed by atoms with Crippen LogP contribution in [0.25, 0.3) is 11.1 Å². The van der Waals surface area contributed by atoms with E-state index in [1.807, 2.05) is 0 Å². The largest absolute Gasteiger partial charge is 0.396 e. The number of aliphatic hydroxyl groups excluding tert-OH is 1. The van der Waals surface area contributed by atoms with Gasteiger partial charge in [-0.1, -0.05) is 48.5 Å². The Bertz CT molecular complexity index is 571. The Hall–Kier alpha value is -1.64. The highest BCUT2D eigenvalue weighted by Crippen LogP contribution is 2.47. The Labute approximate surface area is 113 Å². The SMILES string of the molecule is OCC1CN(C2c3ccccc3-c3ccccc32)C1. The summed E-state index contributed by atoms with van der Waals surface area (Å²) in [4.78, 5) is 2.48. The number of hydrogen-bond acceptors (Lipinski definition) is 2.